The zero-order chi connectivity index (χ0) is 31.4. The normalized spacial score (nSPS) is 10.7. The summed E-state index contributed by atoms with van der Waals surface area (Å²) >= 11 is 0. The Labute approximate surface area is 250 Å². The van der Waals surface area contributed by atoms with Crippen LogP contribution >= 0.6 is 0 Å². The Balaban J connectivity index is 1.69. The molecule has 228 valence electrons. The van der Waals surface area contributed by atoms with E-state index in [2.05, 4.69) is 20.9 Å². The predicted octanol–water partition coefficient (Wildman–Crippen LogP) is 5.68. The van der Waals surface area contributed by atoms with Crippen molar-refractivity contribution in [1.82, 2.24) is 9.88 Å². The van der Waals surface area contributed by atoms with Crippen LogP contribution in [0.15, 0.2) is 66.9 Å². The molecule has 4 amide bonds. The number of rotatable bonds is 11. The van der Waals surface area contributed by atoms with Gasteiger partial charge in [0.25, 0.3) is 5.91 Å². The molecule has 0 bridgehead atoms. The van der Waals surface area contributed by atoms with Crippen LogP contribution in [0.4, 0.5) is 26.7 Å². The van der Waals surface area contributed by atoms with Crippen molar-refractivity contribution >= 4 is 41.1 Å². The van der Waals surface area contributed by atoms with Crippen molar-refractivity contribution < 1.29 is 33.4 Å². The number of anilines is 3. The van der Waals surface area contributed by atoms with Gasteiger partial charge in [0.2, 0.25) is 0 Å². The molecule has 1 aromatic heterocycles. The van der Waals surface area contributed by atoms with Gasteiger partial charge in [0.1, 0.15) is 17.0 Å². The highest BCUT2D eigenvalue weighted by atomic mass is 16.6. The number of carbonyl (C=O) groups excluding carboxylic acids is 4. The molecule has 0 saturated carbocycles. The van der Waals surface area contributed by atoms with Crippen LogP contribution in [0.5, 0.6) is 5.75 Å². The summed E-state index contributed by atoms with van der Waals surface area (Å²) in [5, 5.41) is 8.20. The zero-order valence-electron chi connectivity index (χ0n) is 24.9. The smallest absolute Gasteiger partial charge is 0.412 e. The Bertz CT molecular complexity index is 1400. The summed E-state index contributed by atoms with van der Waals surface area (Å²) in [7, 11) is 1.55. The van der Waals surface area contributed by atoms with E-state index in [4.69, 9.17) is 14.2 Å². The first-order valence-electron chi connectivity index (χ1n) is 13.7. The number of amides is 4. The van der Waals surface area contributed by atoms with Gasteiger partial charge in [0.15, 0.2) is 0 Å². The molecule has 0 fully saturated rings. The monoisotopic (exact) mass is 591 g/mol. The van der Waals surface area contributed by atoms with Gasteiger partial charge in [0, 0.05) is 25.0 Å². The fraction of sp³-hybridized carbons (Fsp3) is 0.323. The molecule has 2 aromatic carbocycles. The van der Waals surface area contributed by atoms with Crippen LogP contribution in [-0.2, 0) is 20.8 Å². The highest BCUT2D eigenvalue weighted by molar-refractivity contribution is 6.05. The van der Waals surface area contributed by atoms with Crippen molar-refractivity contribution in [3.8, 4) is 5.75 Å². The number of benzene rings is 2. The van der Waals surface area contributed by atoms with Crippen LogP contribution in [-0.4, -0.2) is 59.7 Å². The van der Waals surface area contributed by atoms with Gasteiger partial charge < -0.3 is 29.7 Å². The van der Waals surface area contributed by atoms with E-state index >= 15 is 0 Å². The lowest BCUT2D eigenvalue weighted by Crippen LogP contribution is -2.36. The van der Waals surface area contributed by atoms with Crippen molar-refractivity contribution in [3.63, 3.8) is 0 Å². The Kier molecular flexibility index (Phi) is 11.4. The van der Waals surface area contributed by atoms with E-state index in [9.17, 15) is 19.2 Å². The minimum absolute atomic E-state index is 0.00846. The third-order valence-corrected chi connectivity index (χ3v) is 5.76. The number of urea groups is 1. The van der Waals surface area contributed by atoms with Crippen molar-refractivity contribution in [1.29, 1.82) is 0 Å². The van der Waals surface area contributed by atoms with Crippen molar-refractivity contribution in [2.75, 3.05) is 36.2 Å². The van der Waals surface area contributed by atoms with E-state index in [1.54, 1.807) is 89.4 Å². The second-order valence-electron chi connectivity index (χ2n) is 10.3. The lowest BCUT2D eigenvalue weighted by molar-refractivity contribution is -0.143. The number of para-hydroxylation sites is 2. The van der Waals surface area contributed by atoms with Crippen LogP contribution < -0.4 is 20.7 Å². The number of methoxy groups -OCH3 is 1. The molecule has 0 atom stereocenters. The number of nitrogens with one attached hydrogen (secondary N) is 3. The Morgan fingerprint density at radius 1 is 0.884 bits per heavy atom. The Hall–Kier alpha value is -5.13. The lowest BCUT2D eigenvalue weighted by atomic mass is 10.2. The predicted molar refractivity (Wildman–Crippen MR) is 162 cm³/mol. The fourth-order valence-electron chi connectivity index (χ4n) is 3.76. The second kappa shape index (κ2) is 15.2. The summed E-state index contributed by atoms with van der Waals surface area (Å²) in [5.74, 6) is -0.270. The molecule has 3 N–H and O–H groups in total. The molecule has 0 radical (unpaired) electrons. The molecule has 0 aliphatic heterocycles. The van der Waals surface area contributed by atoms with Crippen molar-refractivity contribution in [2.24, 2.45) is 0 Å². The first-order chi connectivity index (χ1) is 20.5. The number of hydrogen-bond acceptors (Lipinski definition) is 8. The number of aromatic nitrogens is 1. The maximum atomic E-state index is 13.1. The maximum absolute atomic E-state index is 13.1. The molecular formula is C31H37N5O7. The van der Waals surface area contributed by atoms with Gasteiger partial charge in [-0.2, -0.15) is 0 Å². The van der Waals surface area contributed by atoms with Crippen LogP contribution in [0.25, 0.3) is 0 Å². The van der Waals surface area contributed by atoms with E-state index in [1.807, 2.05) is 0 Å². The van der Waals surface area contributed by atoms with Crippen LogP contribution in [0.3, 0.4) is 0 Å². The summed E-state index contributed by atoms with van der Waals surface area (Å²) in [6, 6.07) is 16.3. The molecule has 3 aromatic rings. The van der Waals surface area contributed by atoms with Gasteiger partial charge in [-0.15, -0.1) is 0 Å². The summed E-state index contributed by atoms with van der Waals surface area (Å²) in [4.78, 5) is 56.0. The number of carbonyl (C=O) groups is 4. The molecule has 0 aliphatic carbocycles. The molecular weight excluding hydrogens is 554 g/mol. The van der Waals surface area contributed by atoms with Crippen molar-refractivity contribution in [2.45, 2.75) is 46.3 Å². The summed E-state index contributed by atoms with van der Waals surface area (Å²) in [5.41, 5.74) is 1.36. The number of esters is 1. The molecule has 0 unspecified atom stereocenters. The van der Waals surface area contributed by atoms with Crippen LogP contribution in [0, 0.1) is 0 Å². The third kappa shape index (κ3) is 10.7. The molecule has 12 nitrogen and oxygen atoms in total. The summed E-state index contributed by atoms with van der Waals surface area (Å²) in [6.45, 7) is 7.44. The van der Waals surface area contributed by atoms with E-state index < -0.39 is 29.6 Å². The first-order valence-corrected chi connectivity index (χ1v) is 13.7. The minimum Gasteiger partial charge on any atom is -0.497 e. The number of pyridine rings is 1. The standard InChI is InChI=1S/C31H37N5O7/c1-6-42-27(37)17-18-36(29(39)33-22-12-14-23(41-5)15-13-22)20-21-11-16-26(32-19-21)28(38)34-24-9-7-8-10-25(24)35-30(40)43-31(2,3)4/h7-16,19H,6,17-18,20H2,1-5H3,(H,33,39)(H,34,38)(H,35,40). The number of hydrogen-bond donors (Lipinski definition) is 3. The summed E-state index contributed by atoms with van der Waals surface area (Å²) < 4.78 is 15.5. The number of nitrogens with zero attached hydrogens (tertiary/aromatic N) is 2. The average Bonchev–Trinajstić information content (AvgIpc) is 2.96. The van der Waals surface area contributed by atoms with E-state index in [0.717, 1.165) is 0 Å². The third-order valence-electron chi connectivity index (χ3n) is 5.76. The van der Waals surface area contributed by atoms with Crippen molar-refractivity contribution in [3.05, 3.63) is 78.1 Å². The topological polar surface area (TPSA) is 148 Å². The van der Waals surface area contributed by atoms with Crippen LogP contribution in [0.2, 0.25) is 0 Å². The highest BCUT2D eigenvalue weighted by Crippen LogP contribution is 2.23. The molecule has 1 heterocycles. The maximum Gasteiger partial charge on any atom is 0.412 e. The highest BCUT2D eigenvalue weighted by Gasteiger charge is 2.19. The fourth-order valence-corrected chi connectivity index (χ4v) is 3.76. The Morgan fingerprint density at radius 3 is 2.14 bits per heavy atom. The first kappa shape index (κ1) is 32.4. The molecule has 12 heteroatoms. The quantitative estimate of drug-likeness (QED) is 0.241. The van der Waals surface area contributed by atoms with Gasteiger partial charge in [-0.1, -0.05) is 18.2 Å². The molecule has 0 spiro atoms. The zero-order valence-corrected chi connectivity index (χ0v) is 24.9. The van der Waals surface area contributed by atoms with Gasteiger partial charge in [-0.05, 0) is 75.7 Å². The number of ether oxygens (including phenoxy) is 3. The van der Waals surface area contributed by atoms with Crippen LogP contribution in [0.1, 0.15) is 50.2 Å². The molecule has 0 aliphatic rings. The molecule has 43 heavy (non-hydrogen) atoms. The SMILES string of the molecule is CCOC(=O)CCN(Cc1ccc(C(=O)Nc2ccccc2NC(=O)OC(C)(C)C)nc1)C(=O)Nc1ccc(OC)cc1. The van der Waals surface area contributed by atoms with Gasteiger partial charge in [-0.25, -0.2) is 9.59 Å². The average molecular weight is 592 g/mol. The second-order valence-corrected chi connectivity index (χ2v) is 10.3. The minimum atomic E-state index is -0.682. The summed E-state index contributed by atoms with van der Waals surface area (Å²) in [6.07, 6.45) is 0.840. The molecule has 3 rings (SSSR count). The van der Waals surface area contributed by atoms with Gasteiger partial charge >= 0.3 is 18.1 Å². The lowest BCUT2D eigenvalue weighted by Gasteiger charge is -2.23. The molecule has 0 saturated heterocycles. The van der Waals surface area contributed by atoms with E-state index in [-0.39, 0.29) is 31.8 Å². The van der Waals surface area contributed by atoms with E-state index in [0.29, 0.717) is 28.4 Å². The Morgan fingerprint density at radius 2 is 1.56 bits per heavy atom. The van der Waals surface area contributed by atoms with Gasteiger partial charge in [0.05, 0.1) is 31.5 Å². The largest absolute Gasteiger partial charge is 0.497 e. The van der Waals surface area contributed by atoms with E-state index in [1.165, 1.54) is 17.2 Å². The van der Waals surface area contributed by atoms with Gasteiger partial charge in [-0.3, -0.25) is 19.9 Å².